The number of hydrogen-bond donors (Lipinski definition) is 1. The number of anilines is 1. The normalized spacial score (nSPS) is 13.3. The van der Waals surface area contributed by atoms with Crippen LogP contribution in [0.25, 0.3) is 0 Å². The summed E-state index contributed by atoms with van der Waals surface area (Å²) < 4.78 is 2.09. The maximum Gasteiger partial charge on any atom is 0.148 e. The van der Waals surface area contributed by atoms with Crippen LogP contribution in [0.15, 0.2) is 6.07 Å². The summed E-state index contributed by atoms with van der Waals surface area (Å²) in [5, 5.41) is 7.84. The van der Waals surface area contributed by atoms with Crippen LogP contribution in [0.1, 0.15) is 45.9 Å². The molecule has 0 saturated heterocycles. The van der Waals surface area contributed by atoms with E-state index >= 15 is 0 Å². The minimum atomic E-state index is 0.440. The standard InChI is InChI=1S/C11H21N3/c1-6-9(4)14-10(5)7-11(13-14)12-8(2)3/h7-9H,6H2,1-5H3,(H,12,13). The Labute approximate surface area is 86.5 Å². The van der Waals surface area contributed by atoms with Crippen LogP contribution in [0.5, 0.6) is 0 Å². The summed E-state index contributed by atoms with van der Waals surface area (Å²) in [4.78, 5) is 0. The molecule has 0 aliphatic heterocycles. The number of aromatic nitrogens is 2. The van der Waals surface area contributed by atoms with Gasteiger partial charge >= 0.3 is 0 Å². The topological polar surface area (TPSA) is 29.9 Å². The van der Waals surface area contributed by atoms with Gasteiger partial charge in [-0.1, -0.05) is 6.92 Å². The van der Waals surface area contributed by atoms with E-state index in [1.165, 1.54) is 5.69 Å². The van der Waals surface area contributed by atoms with Crippen molar-refractivity contribution < 1.29 is 0 Å². The number of nitrogens with zero attached hydrogens (tertiary/aromatic N) is 2. The lowest BCUT2D eigenvalue weighted by Gasteiger charge is -2.11. The van der Waals surface area contributed by atoms with E-state index in [2.05, 4.69) is 55.8 Å². The van der Waals surface area contributed by atoms with Crippen LogP contribution < -0.4 is 5.32 Å². The maximum absolute atomic E-state index is 4.53. The zero-order chi connectivity index (χ0) is 10.7. The van der Waals surface area contributed by atoms with E-state index < -0.39 is 0 Å². The second kappa shape index (κ2) is 4.49. The van der Waals surface area contributed by atoms with Crippen molar-refractivity contribution in [1.82, 2.24) is 9.78 Å². The van der Waals surface area contributed by atoms with E-state index in [4.69, 9.17) is 0 Å². The van der Waals surface area contributed by atoms with Crippen LogP contribution in [0, 0.1) is 6.92 Å². The summed E-state index contributed by atoms with van der Waals surface area (Å²) in [7, 11) is 0. The van der Waals surface area contributed by atoms with E-state index in [0.717, 1.165) is 12.2 Å². The Balaban J connectivity index is 2.82. The van der Waals surface area contributed by atoms with Crippen molar-refractivity contribution in [3.63, 3.8) is 0 Å². The molecule has 3 nitrogen and oxygen atoms in total. The van der Waals surface area contributed by atoms with Gasteiger partial charge in [-0.15, -0.1) is 0 Å². The molecule has 0 radical (unpaired) electrons. The summed E-state index contributed by atoms with van der Waals surface area (Å²) in [5.74, 6) is 0.984. The molecule has 0 spiro atoms. The molecule has 0 aliphatic rings. The molecule has 1 atom stereocenters. The molecule has 3 heteroatoms. The third-order valence-electron chi connectivity index (χ3n) is 2.37. The smallest absolute Gasteiger partial charge is 0.148 e. The molecule has 1 N–H and O–H groups in total. The van der Waals surface area contributed by atoms with E-state index in [9.17, 15) is 0 Å². The van der Waals surface area contributed by atoms with Gasteiger partial charge in [0, 0.05) is 23.8 Å². The predicted octanol–water partition coefficient (Wildman–Crippen LogP) is 2.98. The van der Waals surface area contributed by atoms with Crippen molar-refractivity contribution in [1.29, 1.82) is 0 Å². The van der Waals surface area contributed by atoms with Crippen molar-refractivity contribution in [2.24, 2.45) is 0 Å². The molecule has 1 aromatic rings. The van der Waals surface area contributed by atoms with Crippen molar-refractivity contribution in [2.75, 3.05) is 5.32 Å². The minimum absolute atomic E-state index is 0.440. The van der Waals surface area contributed by atoms with Gasteiger partial charge < -0.3 is 5.32 Å². The van der Waals surface area contributed by atoms with Gasteiger partial charge in [0.2, 0.25) is 0 Å². The first-order valence-electron chi connectivity index (χ1n) is 5.37. The second-order valence-electron chi connectivity index (χ2n) is 4.17. The van der Waals surface area contributed by atoms with Gasteiger partial charge in [-0.2, -0.15) is 5.10 Å². The van der Waals surface area contributed by atoms with Gasteiger partial charge in [-0.3, -0.25) is 4.68 Å². The Morgan fingerprint density at radius 3 is 2.57 bits per heavy atom. The molecule has 0 aliphatic carbocycles. The van der Waals surface area contributed by atoms with Crippen LogP contribution in [0.2, 0.25) is 0 Å². The molecular formula is C11H21N3. The first-order valence-corrected chi connectivity index (χ1v) is 5.37. The van der Waals surface area contributed by atoms with Crippen LogP contribution in [-0.2, 0) is 0 Å². The zero-order valence-electron chi connectivity index (χ0n) is 9.83. The highest BCUT2D eigenvalue weighted by Crippen LogP contribution is 2.16. The van der Waals surface area contributed by atoms with Gasteiger partial charge in [-0.05, 0) is 34.1 Å². The number of hydrogen-bond acceptors (Lipinski definition) is 2. The fraction of sp³-hybridized carbons (Fsp3) is 0.727. The molecule has 1 aromatic heterocycles. The monoisotopic (exact) mass is 195 g/mol. The first-order chi connectivity index (χ1) is 6.54. The highest BCUT2D eigenvalue weighted by atomic mass is 15.3. The molecule has 1 rings (SSSR count). The average molecular weight is 195 g/mol. The number of nitrogens with one attached hydrogen (secondary N) is 1. The summed E-state index contributed by atoms with van der Waals surface area (Å²) in [5.41, 5.74) is 1.22. The number of aryl methyl sites for hydroxylation is 1. The second-order valence-corrected chi connectivity index (χ2v) is 4.17. The van der Waals surface area contributed by atoms with Crippen LogP contribution in [0.4, 0.5) is 5.82 Å². The number of rotatable bonds is 4. The molecule has 80 valence electrons. The summed E-state index contributed by atoms with van der Waals surface area (Å²) >= 11 is 0. The van der Waals surface area contributed by atoms with Crippen molar-refractivity contribution in [2.45, 2.75) is 53.1 Å². The van der Waals surface area contributed by atoms with Crippen LogP contribution in [-0.4, -0.2) is 15.8 Å². The van der Waals surface area contributed by atoms with Gasteiger partial charge in [-0.25, -0.2) is 0 Å². The lowest BCUT2D eigenvalue weighted by atomic mass is 10.2. The fourth-order valence-electron chi connectivity index (χ4n) is 1.47. The Kier molecular flexibility index (Phi) is 3.55. The van der Waals surface area contributed by atoms with E-state index in [1.54, 1.807) is 0 Å². The van der Waals surface area contributed by atoms with Crippen molar-refractivity contribution >= 4 is 5.82 Å². The summed E-state index contributed by atoms with van der Waals surface area (Å²) in [6.07, 6.45) is 1.11. The highest BCUT2D eigenvalue weighted by Gasteiger charge is 2.09. The molecule has 0 aromatic carbocycles. The predicted molar refractivity (Wildman–Crippen MR) is 60.7 cm³/mol. The molecule has 1 unspecified atom stereocenters. The van der Waals surface area contributed by atoms with Gasteiger partial charge in [0.25, 0.3) is 0 Å². The van der Waals surface area contributed by atoms with Gasteiger partial charge in [0.1, 0.15) is 5.82 Å². The lowest BCUT2D eigenvalue weighted by Crippen LogP contribution is -2.12. The van der Waals surface area contributed by atoms with Gasteiger partial charge in [0.05, 0.1) is 0 Å². The molecule has 0 bridgehead atoms. The third-order valence-corrected chi connectivity index (χ3v) is 2.37. The van der Waals surface area contributed by atoms with E-state index in [0.29, 0.717) is 12.1 Å². The SMILES string of the molecule is CCC(C)n1nc(NC(C)C)cc1C. The molecule has 0 fully saturated rings. The molecule has 1 heterocycles. The molecule has 0 amide bonds. The van der Waals surface area contributed by atoms with Crippen molar-refractivity contribution in [3.8, 4) is 0 Å². The molecular weight excluding hydrogens is 174 g/mol. The average Bonchev–Trinajstić information content (AvgIpc) is 2.44. The Hall–Kier alpha value is -0.990. The van der Waals surface area contributed by atoms with Crippen LogP contribution in [0.3, 0.4) is 0 Å². The molecule has 0 saturated carbocycles. The van der Waals surface area contributed by atoms with Gasteiger partial charge in [0.15, 0.2) is 0 Å². The molecule has 14 heavy (non-hydrogen) atoms. The Bertz CT molecular complexity index is 289. The maximum atomic E-state index is 4.53. The largest absolute Gasteiger partial charge is 0.366 e. The van der Waals surface area contributed by atoms with E-state index in [-0.39, 0.29) is 0 Å². The van der Waals surface area contributed by atoms with Crippen molar-refractivity contribution in [3.05, 3.63) is 11.8 Å². The summed E-state index contributed by atoms with van der Waals surface area (Å²) in [6.45, 7) is 10.7. The quantitative estimate of drug-likeness (QED) is 0.800. The van der Waals surface area contributed by atoms with E-state index in [1.807, 2.05) is 0 Å². The lowest BCUT2D eigenvalue weighted by molar-refractivity contribution is 0.468. The van der Waals surface area contributed by atoms with Crippen LogP contribution >= 0.6 is 0 Å². The summed E-state index contributed by atoms with van der Waals surface area (Å²) in [6, 6.07) is 3.03. The zero-order valence-corrected chi connectivity index (χ0v) is 9.83. The Morgan fingerprint density at radius 2 is 2.07 bits per heavy atom. The fourth-order valence-corrected chi connectivity index (χ4v) is 1.47. The minimum Gasteiger partial charge on any atom is -0.366 e. The Morgan fingerprint density at radius 1 is 1.43 bits per heavy atom. The first kappa shape index (κ1) is 11.1. The third kappa shape index (κ3) is 2.50. The highest BCUT2D eigenvalue weighted by molar-refractivity contribution is 5.36.